The van der Waals surface area contributed by atoms with E-state index < -0.39 is 4.92 Å². The SMILES string of the molecule is COc1ccc(CNC2=NCCCN2)cc1[N+](=O)[O-]. The number of hydrogen-bond donors (Lipinski definition) is 2. The van der Waals surface area contributed by atoms with Crippen molar-refractivity contribution in [1.29, 1.82) is 0 Å². The summed E-state index contributed by atoms with van der Waals surface area (Å²) in [6.45, 7) is 2.18. The van der Waals surface area contributed by atoms with Gasteiger partial charge in [-0.3, -0.25) is 15.1 Å². The summed E-state index contributed by atoms with van der Waals surface area (Å²) < 4.78 is 4.96. The minimum absolute atomic E-state index is 0.0275. The lowest BCUT2D eigenvalue weighted by Crippen LogP contribution is -2.40. The molecular weight excluding hydrogens is 248 g/mol. The lowest BCUT2D eigenvalue weighted by atomic mass is 10.2. The number of benzene rings is 1. The number of nitro benzene ring substituents is 1. The van der Waals surface area contributed by atoms with Gasteiger partial charge in [-0.25, -0.2) is 0 Å². The Bertz CT molecular complexity index is 502. The number of guanidine groups is 1. The molecule has 19 heavy (non-hydrogen) atoms. The lowest BCUT2D eigenvalue weighted by molar-refractivity contribution is -0.385. The summed E-state index contributed by atoms with van der Waals surface area (Å²) >= 11 is 0. The van der Waals surface area contributed by atoms with Crippen molar-refractivity contribution in [1.82, 2.24) is 10.6 Å². The molecule has 0 unspecified atom stereocenters. The molecule has 1 aromatic carbocycles. The Morgan fingerprint density at radius 2 is 2.42 bits per heavy atom. The number of methoxy groups -OCH3 is 1. The molecule has 102 valence electrons. The molecular formula is C12H16N4O3. The zero-order valence-corrected chi connectivity index (χ0v) is 10.7. The predicted molar refractivity (Wildman–Crippen MR) is 71.4 cm³/mol. The molecule has 1 aromatic rings. The second-order valence-corrected chi connectivity index (χ2v) is 4.13. The fourth-order valence-electron chi connectivity index (χ4n) is 1.82. The number of hydrogen-bond acceptors (Lipinski definition) is 6. The Morgan fingerprint density at radius 1 is 1.58 bits per heavy atom. The summed E-state index contributed by atoms with van der Waals surface area (Å²) in [6, 6.07) is 4.91. The average molecular weight is 264 g/mol. The molecule has 1 heterocycles. The van der Waals surface area contributed by atoms with Crippen molar-refractivity contribution in [3.05, 3.63) is 33.9 Å². The summed E-state index contributed by atoms with van der Waals surface area (Å²) in [5, 5.41) is 17.2. The van der Waals surface area contributed by atoms with Gasteiger partial charge < -0.3 is 15.4 Å². The van der Waals surface area contributed by atoms with Crippen molar-refractivity contribution in [3.63, 3.8) is 0 Å². The number of nitrogens with zero attached hydrogens (tertiary/aromatic N) is 2. The maximum atomic E-state index is 10.9. The normalized spacial score (nSPS) is 14.3. The number of ether oxygens (including phenoxy) is 1. The Morgan fingerprint density at radius 3 is 3.05 bits per heavy atom. The third-order valence-corrected chi connectivity index (χ3v) is 2.80. The van der Waals surface area contributed by atoms with Crippen LogP contribution in [0.1, 0.15) is 12.0 Å². The smallest absolute Gasteiger partial charge is 0.311 e. The summed E-state index contributed by atoms with van der Waals surface area (Å²) in [5.41, 5.74) is 0.780. The molecule has 7 heteroatoms. The maximum Gasteiger partial charge on any atom is 0.311 e. The Balaban J connectivity index is 2.06. The van der Waals surface area contributed by atoms with Crippen LogP contribution in [0, 0.1) is 10.1 Å². The van der Waals surface area contributed by atoms with Crippen molar-refractivity contribution >= 4 is 11.6 Å². The van der Waals surface area contributed by atoms with Gasteiger partial charge in [-0.15, -0.1) is 0 Å². The van der Waals surface area contributed by atoms with Gasteiger partial charge in [0, 0.05) is 25.7 Å². The molecule has 0 fully saturated rings. The van der Waals surface area contributed by atoms with E-state index in [0.29, 0.717) is 6.54 Å². The summed E-state index contributed by atoms with van der Waals surface area (Å²) in [5.74, 6) is 1.01. The summed E-state index contributed by atoms with van der Waals surface area (Å²) in [6.07, 6.45) is 1.03. The van der Waals surface area contributed by atoms with E-state index in [2.05, 4.69) is 15.6 Å². The molecule has 0 spiro atoms. The lowest BCUT2D eigenvalue weighted by Gasteiger charge is -2.16. The number of rotatable bonds is 4. The highest BCUT2D eigenvalue weighted by Crippen LogP contribution is 2.27. The van der Waals surface area contributed by atoms with E-state index in [4.69, 9.17) is 4.74 Å². The standard InChI is InChI=1S/C12H16N4O3/c1-19-11-4-3-9(7-10(11)16(17)18)8-15-12-13-5-2-6-14-12/h3-4,7H,2,5-6,8H2,1H3,(H2,13,14,15). The molecule has 0 saturated heterocycles. The van der Waals surface area contributed by atoms with Crippen LogP contribution in [-0.2, 0) is 6.54 Å². The first-order valence-corrected chi connectivity index (χ1v) is 6.04. The molecule has 0 aliphatic carbocycles. The molecule has 2 rings (SSSR count). The van der Waals surface area contributed by atoms with E-state index in [1.807, 2.05) is 0 Å². The first-order valence-electron chi connectivity index (χ1n) is 6.04. The van der Waals surface area contributed by atoms with Gasteiger partial charge in [0.05, 0.1) is 12.0 Å². The zero-order chi connectivity index (χ0) is 13.7. The zero-order valence-electron chi connectivity index (χ0n) is 10.7. The van der Waals surface area contributed by atoms with Gasteiger partial charge in [-0.05, 0) is 18.1 Å². The molecule has 0 amide bonds. The fourth-order valence-corrected chi connectivity index (χ4v) is 1.82. The van der Waals surface area contributed by atoms with E-state index in [-0.39, 0.29) is 11.4 Å². The Kier molecular flexibility index (Phi) is 4.17. The van der Waals surface area contributed by atoms with Crippen LogP contribution in [0.4, 0.5) is 5.69 Å². The van der Waals surface area contributed by atoms with Crippen LogP contribution in [0.5, 0.6) is 5.75 Å². The van der Waals surface area contributed by atoms with E-state index in [1.54, 1.807) is 12.1 Å². The number of aliphatic imine (C=N–C) groups is 1. The van der Waals surface area contributed by atoms with Gasteiger partial charge in [0.25, 0.3) is 0 Å². The second-order valence-electron chi connectivity index (χ2n) is 4.13. The third-order valence-electron chi connectivity index (χ3n) is 2.80. The fraction of sp³-hybridized carbons (Fsp3) is 0.417. The minimum atomic E-state index is -0.446. The van der Waals surface area contributed by atoms with Gasteiger partial charge in [0.2, 0.25) is 0 Å². The highest BCUT2D eigenvalue weighted by Gasteiger charge is 2.15. The molecule has 0 bridgehead atoms. The predicted octanol–water partition coefficient (Wildman–Crippen LogP) is 1.04. The largest absolute Gasteiger partial charge is 0.490 e. The van der Waals surface area contributed by atoms with E-state index in [9.17, 15) is 10.1 Å². The highest BCUT2D eigenvalue weighted by molar-refractivity contribution is 5.80. The quantitative estimate of drug-likeness (QED) is 0.626. The number of nitrogens with one attached hydrogen (secondary N) is 2. The van der Waals surface area contributed by atoms with E-state index in [0.717, 1.165) is 31.0 Å². The van der Waals surface area contributed by atoms with Gasteiger partial charge in [-0.2, -0.15) is 0 Å². The monoisotopic (exact) mass is 264 g/mol. The number of nitro groups is 1. The van der Waals surface area contributed by atoms with Gasteiger partial charge in [-0.1, -0.05) is 6.07 Å². The van der Waals surface area contributed by atoms with Crippen LogP contribution in [0.2, 0.25) is 0 Å². The van der Waals surface area contributed by atoms with Crippen LogP contribution in [-0.4, -0.2) is 31.1 Å². The Hall–Kier alpha value is -2.31. The van der Waals surface area contributed by atoms with E-state index >= 15 is 0 Å². The van der Waals surface area contributed by atoms with Gasteiger partial charge in [0.1, 0.15) is 0 Å². The topological polar surface area (TPSA) is 88.8 Å². The van der Waals surface area contributed by atoms with Crippen molar-refractivity contribution in [3.8, 4) is 5.75 Å². The molecule has 0 atom stereocenters. The third kappa shape index (κ3) is 3.34. The molecule has 7 nitrogen and oxygen atoms in total. The van der Waals surface area contributed by atoms with Crippen LogP contribution in [0.3, 0.4) is 0 Å². The van der Waals surface area contributed by atoms with Crippen LogP contribution in [0.25, 0.3) is 0 Å². The molecule has 1 aliphatic heterocycles. The first-order chi connectivity index (χ1) is 9.20. The van der Waals surface area contributed by atoms with Crippen molar-refractivity contribution < 1.29 is 9.66 Å². The Labute approximate surface area is 110 Å². The average Bonchev–Trinajstić information content (AvgIpc) is 2.46. The van der Waals surface area contributed by atoms with Gasteiger partial charge >= 0.3 is 5.69 Å². The summed E-state index contributed by atoms with van der Waals surface area (Å²) in [4.78, 5) is 14.7. The van der Waals surface area contributed by atoms with Crippen LogP contribution >= 0.6 is 0 Å². The van der Waals surface area contributed by atoms with E-state index in [1.165, 1.54) is 13.2 Å². The van der Waals surface area contributed by atoms with Crippen LogP contribution in [0.15, 0.2) is 23.2 Å². The molecule has 0 saturated carbocycles. The minimum Gasteiger partial charge on any atom is -0.490 e. The van der Waals surface area contributed by atoms with Crippen molar-refractivity contribution in [2.75, 3.05) is 20.2 Å². The molecule has 0 radical (unpaired) electrons. The first kappa shape index (κ1) is 13.1. The van der Waals surface area contributed by atoms with Crippen molar-refractivity contribution in [2.24, 2.45) is 4.99 Å². The van der Waals surface area contributed by atoms with Gasteiger partial charge in [0.15, 0.2) is 11.7 Å². The molecule has 1 aliphatic rings. The molecule has 2 N–H and O–H groups in total. The van der Waals surface area contributed by atoms with Crippen LogP contribution < -0.4 is 15.4 Å². The highest BCUT2D eigenvalue weighted by atomic mass is 16.6. The second kappa shape index (κ2) is 6.03. The van der Waals surface area contributed by atoms with Crippen molar-refractivity contribution in [2.45, 2.75) is 13.0 Å². The molecule has 0 aromatic heterocycles. The maximum absolute atomic E-state index is 10.9. The summed E-state index contributed by atoms with van der Waals surface area (Å²) in [7, 11) is 1.42.